The third kappa shape index (κ3) is 3.45. The van der Waals surface area contributed by atoms with Crippen LogP contribution in [0.25, 0.3) is 0 Å². The first-order chi connectivity index (χ1) is 10.7. The van der Waals surface area contributed by atoms with Crippen molar-refractivity contribution in [1.29, 1.82) is 0 Å². The van der Waals surface area contributed by atoms with Crippen LogP contribution in [-0.2, 0) is 17.6 Å². The fourth-order valence-electron chi connectivity index (χ4n) is 2.75. The maximum absolute atomic E-state index is 12.2. The molecule has 0 bridgehead atoms. The highest BCUT2D eigenvalue weighted by molar-refractivity contribution is 5.76. The zero-order chi connectivity index (χ0) is 15.4. The van der Waals surface area contributed by atoms with Crippen molar-refractivity contribution in [3.63, 3.8) is 0 Å². The molecule has 4 heteroatoms. The Kier molecular flexibility index (Phi) is 4.37. The predicted molar refractivity (Wildman–Crippen MR) is 84.8 cm³/mol. The molecule has 0 saturated heterocycles. The Labute approximate surface area is 130 Å². The average molecular weight is 296 g/mol. The summed E-state index contributed by atoms with van der Waals surface area (Å²) < 4.78 is 5.89. The average Bonchev–Trinajstić information content (AvgIpc) is 2.95. The number of aryl methyl sites for hydroxylation is 1. The van der Waals surface area contributed by atoms with Crippen LogP contribution < -0.4 is 4.74 Å². The van der Waals surface area contributed by atoms with Crippen LogP contribution >= 0.6 is 0 Å². The number of hydrogen-bond donors (Lipinski definition) is 0. The molecule has 0 spiro atoms. The first-order valence-corrected chi connectivity index (χ1v) is 7.60. The molecular formula is C18H20N2O2. The minimum absolute atomic E-state index is 0.0599. The van der Waals surface area contributed by atoms with Crippen molar-refractivity contribution in [3.8, 4) is 5.75 Å². The monoisotopic (exact) mass is 296 g/mol. The van der Waals surface area contributed by atoms with Crippen molar-refractivity contribution in [2.45, 2.75) is 25.4 Å². The lowest BCUT2D eigenvalue weighted by atomic mass is 10.1. The van der Waals surface area contributed by atoms with Crippen molar-refractivity contribution in [2.75, 3.05) is 13.6 Å². The Hall–Kier alpha value is -2.36. The van der Waals surface area contributed by atoms with Gasteiger partial charge in [-0.25, -0.2) is 0 Å². The minimum atomic E-state index is 0.0599. The highest BCUT2D eigenvalue weighted by Gasteiger charge is 2.24. The van der Waals surface area contributed by atoms with Gasteiger partial charge in [0.25, 0.3) is 0 Å². The molecule has 0 unspecified atom stereocenters. The Balaban J connectivity index is 1.48. The van der Waals surface area contributed by atoms with Gasteiger partial charge in [-0.1, -0.05) is 24.3 Å². The molecule has 0 aliphatic carbocycles. The summed E-state index contributed by atoms with van der Waals surface area (Å²) in [5, 5.41) is 0. The van der Waals surface area contributed by atoms with Crippen LogP contribution in [0.4, 0.5) is 0 Å². The SMILES string of the molecule is CN(C[C@@H]1Cc2ccccc2O1)C(=O)CCc1cccnc1. The summed E-state index contributed by atoms with van der Waals surface area (Å²) in [6.07, 6.45) is 5.71. The van der Waals surface area contributed by atoms with Gasteiger partial charge < -0.3 is 9.64 Å². The fourth-order valence-corrected chi connectivity index (χ4v) is 2.75. The lowest BCUT2D eigenvalue weighted by Crippen LogP contribution is -2.36. The molecule has 22 heavy (non-hydrogen) atoms. The van der Waals surface area contributed by atoms with Crippen LogP contribution in [0, 0.1) is 0 Å². The van der Waals surface area contributed by atoms with Crippen molar-refractivity contribution in [1.82, 2.24) is 9.88 Å². The van der Waals surface area contributed by atoms with Crippen LogP contribution in [-0.4, -0.2) is 35.5 Å². The van der Waals surface area contributed by atoms with E-state index in [1.807, 2.05) is 43.6 Å². The van der Waals surface area contributed by atoms with Crippen molar-refractivity contribution >= 4 is 5.91 Å². The number of hydrogen-bond acceptors (Lipinski definition) is 3. The molecule has 114 valence electrons. The lowest BCUT2D eigenvalue weighted by molar-refractivity contribution is -0.130. The molecule has 2 aromatic rings. The number of nitrogens with zero attached hydrogens (tertiary/aromatic N) is 2. The van der Waals surface area contributed by atoms with E-state index >= 15 is 0 Å². The topological polar surface area (TPSA) is 42.4 Å². The number of carbonyl (C=O) groups is 1. The summed E-state index contributed by atoms with van der Waals surface area (Å²) in [6, 6.07) is 12.0. The predicted octanol–water partition coefficient (Wildman–Crippen LogP) is 2.48. The van der Waals surface area contributed by atoms with E-state index in [1.165, 1.54) is 5.56 Å². The van der Waals surface area contributed by atoms with Gasteiger partial charge in [0.1, 0.15) is 11.9 Å². The Morgan fingerprint density at radius 3 is 2.95 bits per heavy atom. The Morgan fingerprint density at radius 1 is 1.32 bits per heavy atom. The zero-order valence-electron chi connectivity index (χ0n) is 12.7. The third-order valence-corrected chi connectivity index (χ3v) is 3.97. The van der Waals surface area contributed by atoms with Gasteiger partial charge in [-0.05, 0) is 29.7 Å². The van der Waals surface area contributed by atoms with Crippen LogP contribution in [0.1, 0.15) is 17.5 Å². The number of pyridine rings is 1. The van der Waals surface area contributed by atoms with Crippen LogP contribution in [0.3, 0.4) is 0 Å². The van der Waals surface area contributed by atoms with Gasteiger partial charge in [0.05, 0.1) is 6.54 Å². The van der Waals surface area contributed by atoms with Crippen molar-refractivity contribution < 1.29 is 9.53 Å². The molecule has 0 radical (unpaired) electrons. The molecule has 0 saturated carbocycles. The largest absolute Gasteiger partial charge is 0.488 e. The summed E-state index contributed by atoms with van der Waals surface area (Å²) in [7, 11) is 1.85. The van der Waals surface area contributed by atoms with Gasteiger partial charge >= 0.3 is 0 Å². The van der Waals surface area contributed by atoms with E-state index < -0.39 is 0 Å². The number of rotatable bonds is 5. The second-order valence-electron chi connectivity index (χ2n) is 5.69. The Morgan fingerprint density at radius 2 is 2.18 bits per heavy atom. The quantitative estimate of drug-likeness (QED) is 0.851. The summed E-state index contributed by atoms with van der Waals surface area (Å²) >= 11 is 0. The van der Waals surface area contributed by atoms with E-state index in [9.17, 15) is 4.79 Å². The number of aromatic nitrogens is 1. The van der Waals surface area contributed by atoms with E-state index in [0.29, 0.717) is 13.0 Å². The molecule has 1 amide bonds. The number of fused-ring (bicyclic) bond motifs is 1. The van der Waals surface area contributed by atoms with E-state index in [4.69, 9.17) is 4.74 Å². The van der Waals surface area contributed by atoms with Crippen molar-refractivity contribution in [2.24, 2.45) is 0 Å². The van der Waals surface area contributed by atoms with Crippen LogP contribution in [0.5, 0.6) is 5.75 Å². The number of ether oxygens (including phenoxy) is 1. The van der Waals surface area contributed by atoms with Crippen LogP contribution in [0.2, 0.25) is 0 Å². The summed E-state index contributed by atoms with van der Waals surface area (Å²) in [5.41, 5.74) is 2.32. The molecule has 2 heterocycles. The van der Waals surface area contributed by atoms with Crippen LogP contribution in [0.15, 0.2) is 48.8 Å². The van der Waals surface area contributed by atoms with Gasteiger partial charge in [-0.3, -0.25) is 9.78 Å². The van der Waals surface area contributed by atoms with Gasteiger partial charge in [-0.2, -0.15) is 0 Å². The standard InChI is InChI=1S/C18H20N2O2/c1-20(18(21)9-8-14-5-4-10-19-12-14)13-16-11-15-6-2-3-7-17(15)22-16/h2-7,10,12,16H,8-9,11,13H2,1H3/t16-/m0/s1. The number of para-hydroxylation sites is 1. The molecule has 1 aliphatic heterocycles. The highest BCUT2D eigenvalue weighted by atomic mass is 16.5. The summed E-state index contributed by atoms with van der Waals surface area (Å²) in [4.78, 5) is 18.1. The van der Waals surface area contributed by atoms with E-state index in [-0.39, 0.29) is 12.0 Å². The van der Waals surface area contributed by atoms with Gasteiger partial charge in [0.15, 0.2) is 0 Å². The smallest absolute Gasteiger partial charge is 0.222 e. The second kappa shape index (κ2) is 6.60. The van der Waals surface area contributed by atoms with Gasteiger partial charge in [0.2, 0.25) is 5.91 Å². The first kappa shape index (κ1) is 14.6. The third-order valence-electron chi connectivity index (χ3n) is 3.97. The molecule has 1 aromatic heterocycles. The maximum atomic E-state index is 12.2. The molecule has 1 atom stereocenters. The van der Waals surface area contributed by atoms with E-state index in [1.54, 1.807) is 11.1 Å². The molecular weight excluding hydrogens is 276 g/mol. The summed E-state index contributed by atoms with van der Waals surface area (Å²) in [6.45, 7) is 0.626. The van der Waals surface area contributed by atoms with E-state index in [2.05, 4.69) is 11.1 Å². The molecule has 0 N–H and O–H groups in total. The first-order valence-electron chi connectivity index (χ1n) is 7.60. The number of carbonyl (C=O) groups excluding carboxylic acids is 1. The number of benzene rings is 1. The molecule has 1 aromatic carbocycles. The molecule has 4 nitrogen and oxygen atoms in total. The normalized spacial score (nSPS) is 16.0. The second-order valence-corrected chi connectivity index (χ2v) is 5.69. The maximum Gasteiger partial charge on any atom is 0.222 e. The van der Waals surface area contributed by atoms with E-state index in [0.717, 1.165) is 24.2 Å². The van der Waals surface area contributed by atoms with Crippen molar-refractivity contribution in [3.05, 3.63) is 59.9 Å². The number of likely N-dealkylation sites (N-methyl/N-ethyl adjacent to an activating group) is 1. The summed E-state index contributed by atoms with van der Waals surface area (Å²) in [5.74, 6) is 1.09. The molecule has 1 aliphatic rings. The fraction of sp³-hybridized carbons (Fsp3) is 0.333. The minimum Gasteiger partial charge on any atom is -0.488 e. The van der Waals surface area contributed by atoms with Gasteiger partial charge in [-0.15, -0.1) is 0 Å². The zero-order valence-corrected chi connectivity index (χ0v) is 12.7. The number of amides is 1. The molecule has 3 rings (SSSR count). The van der Waals surface area contributed by atoms with Gasteiger partial charge in [0, 0.05) is 32.3 Å². The lowest BCUT2D eigenvalue weighted by Gasteiger charge is -2.21. The highest BCUT2D eigenvalue weighted by Crippen LogP contribution is 2.28. The Bertz CT molecular complexity index is 618. The molecule has 0 fully saturated rings.